The minimum atomic E-state index is -0.424. The van der Waals surface area contributed by atoms with Crippen LogP contribution in [0.25, 0.3) is 11.3 Å². The number of aryl methyl sites for hydroxylation is 2. The van der Waals surface area contributed by atoms with E-state index in [9.17, 15) is 14.9 Å². The first kappa shape index (κ1) is 25.6. The number of pyridine rings is 1. The molecule has 1 aliphatic carbocycles. The summed E-state index contributed by atoms with van der Waals surface area (Å²) in [5, 5.41) is 18.9. The minimum Gasteiger partial charge on any atom is -0.477 e. The summed E-state index contributed by atoms with van der Waals surface area (Å²) < 4.78 is 13.5. The van der Waals surface area contributed by atoms with Gasteiger partial charge in [0.25, 0.3) is 5.69 Å². The molecule has 11 heteroatoms. The number of rotatable bonds is 9. The van der Waals surface area contributed by atoms with Crippen molar-refractivity contribution in [3.63, 3.8) is 0 Å². The maximum absolute atomic E-state index is 12.0. The van der Waals surface area contributed by atoms with Gasteiger partial charge in [0.2, 0.25) is 5.88 Å². The van der Waals surface area contributed by atoms with Gasteiger partial charge in [-0.1, -0.05) is 15.9 Å². The first-order chi connectivity index (χ1) is 17.2. The summed E-state index contributed by atoms with van der Waals surface area (Å²) >= 11 is 3.38. The predicted molar refractivity (Wildman–Crippen MR) is 138 cm³/mol. The molecule has 190 valence electrons. The van der Waals surface area contributed by atoms with Crippen molar-refractivity contribution >= 4 is 33.3 Å². The van der Waals surface area contributed by atoms with Gasteiger partial charge >= 0.3 is 5.97 Å². The zero-order valence-electron chi connectivity index (χ0n) is 20.4. The predicted octanol–water partition coefficient (Wildman–Crippen LogP) is 5.16. The fourth-order valence-corrected chi connectivity index (χ4v) is 4.95. The van der Waals surface area contributed by atoms with Gasteiger partial charge in [-0.25, -0.2) is 9.48 Å². The number of hydrogen-bond donors (Lipinski definition) is 1. The lowest BCUT2D eigenvalue weighted by atomic mass is 10.1. The number of anilines is 1. The number of nitro groups is 1. The molecule has 0 aliphatic heterocycles. The molecule has 1 aliphatic rings. The normalized spacial score (nSPS) is 17.1. The Morgan fingerprint density at radius 3 is 2.81 bits per heavy atom. The van der Waals surface area contributed by atoms with Crippen LogP contribution < -0.4 is 10.1 Å². The van der Waals surface area contributed by atoms with Crippen molar-refractivity contribution in [1.82, 2.24) is 14.8 Å². The molecule has 10 nitrogen and oxygen atoms in total. The van der Waals surface area contributed by atoms with Gasteiger partial charge in [0, 0.05) is 29.8 Å². The topological polar surface area (TPSA) is 121 Å². The molecule has 0 bridgehead atoms. The Morgan fingerprint density at radius 2 is 2.06 bits per heavy atom. The quantitative estimate of drug-likeness (QED) is 0.217. The number of methoxy groups -OCH3 is 1. The summed E-state index contributed by atoms with van der Waals surface area (Å²) in [6, 6.07) is 8.27. The number of nitrogens with zero attached hydrogens (tertiary/aromatic N) is 4. The second-order valence-electron chi connectivity index (χ2n) is 9.02. The minimum absolute atomic E-state index is 0.0694. The van der Waals surface area contributed by atoms with Crippen LogP contribution in [0.3, 0.4) is 0 Å². The standard InChI is InChI=1S/C25H28BrN5O5/c1-15-8-18(25(32)35-3)10-21(29-15)20-13-28-30(2)24(20)36-14-17-5-4-16(9-17)12-27-22-11-19(26)6-7-23(22)31(33)34/h6-8,10-11,13,16-17,27H,4-5,9,12,14H2,1-3H3/t16-,17+/m1/s1. The fraction of sp³-hybridized carbons (Fsp3) is 0.400. The summed E-state index contributed by atoms with van der Waals surface area (Å²) in [6.07, 6.45) is 4.67. The molecule has 2 aromatic heterocycles. The van der Waals surface area contributed by atoms with Gasteiger partial charge in [0.15, 0.2) is 0 Å². The van der Waals surface area contributed by atoms with Crippen LogP contribution in [0.2, 0.25) is 0 Å². The van der Waals surface area contributed by atoms with Crippen LogP contribution >= 0.6 is 15.9 Å². The van der Waals surface area contributed by atoms with Crippen LogP contribution in [0, 0.1) is 28.9 Å². The zero-order valence-corrected chi connectivity index (χ0v) is 21.9. The maximum Gasteiger partial charge on any atom is 0.337 e. The maximum atomic E-state index is 12.0. The van der Waals surface area contributed by atoms with E-state index in [0.717, 1.165) is 23.7 Å². The fourth-order valence-electron chi connectivity index (χ4n) is 4.59. The lowest BCUT2D eigenvalue weighted by Crippen LogP contribution is -2.15. The summed E-state index contributed by atoms with van der Waals surface area (Å²) in [4.78, 5) is 27.6. The molecule has 2 atom stereocenters. The third-order valence-electron chi connectivity index (χ3n) is 6.38. The molecule has 1 fully saturated rings. The number of carbonyl (C=O) groups is 1. The monoisotopic (exact) mass is 557 g/mol. The molecule has 0 spiro atoms. The molecule has 1 saturated carbocycles. The largest absolute Gasteiger partial charge is 0.477 e. The highest BCUT2D eigenvalue weighted by atomic mass is 79.9. The molecule has 1 N–H and O–H groups in total. The van der Waals surface area contributed by atoms with Crippen LogP contribution in [-0.2, 0) is 11.8 Å². The van der Waals surface area contributed by atoms with E-state index in [4.69, 9.17) is 9.47 Å². The number of nitro benzene ring substituents is 1. The summed E-state index contributed by atoms with van der Waals surface area (Å²) in [5.41, 5.74) is 3.02. The van der Waals surface area contributed by atoms with Gasteiger partial charge in [0.05, 0.1) is 41.7 Å². The second kappa shape index (κ2) is 11.1. The molecule has 0 unspecified atom stereocenters. The second-order valence-corrected chi connectivity index (χ2v) is 9.93. The highest BCUT2D eigenvalue weighted by Crippen LogP contribution is 2.35. The van der Waals surface area contributed by atoms with Gasteiger partial charge in [0.1, 0.15) is 5.69 Å². The molecular weight excluding hydrogens is 530 g/mol. The van der Waals surface area contributed by atoms with Gasteiger partial charge in [-0.15, -0.1) is 0 Å². The first-order valence-electron chi connectivity index (χ1n) is 11.6. The van der Waals surface area contributed by atoms with Gasteiger partial charge in [-0.2, -0.15) is 5.10 Å². The highest BCUT2D eigenvalue weighted by Gasteiger charge is 2.27. The van der Waals surface area contributed by atoms with Crippen LogP contribution in [0.15, 0.2) is 41.0 Å². The van der Waals surface area contributed by atoms with Crippen LogP contribution in [0.4, 0.5) is 11.4 Å². The van der Waals surface area contributed by atoms with Crippen molar-refractivity contribution in [1.29, 1.82) is 0 Å². The Morgan fingerprint density at radius 1 is 1.28 bits per heavy atom. The molecule has 0 radical (unpaired) electrons. The van der Waals surface area contributed by atoms with Crippen molar-refractivity contribution in [2.75, 3.05) is 25.6 Å². The number of aromatic nitrogens is 3. The number of carbonyl (C=O) groups excluding carboxylic acids is 1. The van der Waals surface area contributed by atoms with E-state index in [1.165, 1.54) is 13.2 Å². The van der Waals surface area contributed by atoms with E-state index in [-0.39, 0.29) is 10.6 Å². The third-order valence-corrected chi connectivity index (χ3v) is 6.87. The molecule has 3 aromatic rings. The SMILES string of the molecule is COC(=O)c1cc(C)nc(-c2cnn(C)c2OC[C@H]2CC[C@@H](CNc3cc(Br)ccc3[N+](=O)[O-])C2)c1. The zero-order chi connectivity index (χ0) is 25.8. The van der Waals surface area contributed by atoms with Crippen molar-refractivity contribution in [3.8, 4) is 17.1 Å². The molecule has 36 heavy (non-hydrogen) atoms. The number of benzene rings is 1. The van der Waals surface area contributed by atoms with E-state index in [1.54, 1.807) is 35.1 Å². The number of halogens is 1. The average Bonchev–Trinajstić information content (AvgIpc) is 3.46. The summed E-state index contributed by atoms with van der Waals surface area (Å²) in [5.74, 6) is 0.916. The Bertz CT molecular complexity index is 1280. The van der Waals surface area contributed by atoms with Crippen molar-refractivity contribution in [2.45, 2.75) is 26.2 Å². The average molecular weight is 558 g/mol. The van der Waals surface area contributed by atoms with E-state index in [2.05, 4.69) is 31.3 Å². The Hall–Kier alpha value is -3.47. The summed E-state index contributed by atoms with van der Waals surface area (Å²) in [6.45, 7) is 3.01. The number of esters is 1. The Balaban J connectivity index is 1.38. The molecule has 4 rings (SSSR count). The lowest BCUT2D eigenvalue weighted by Gasteiger charge is -2.15. The van der Waals surface area contributed by atoms with Gasteiger partial charge < -0.3 is 14.8 Å². The smallest absolute Gasteiger partial charge is 0.337 e. The molecule has 0 amide bonds. The lowest BCUT2D eigenvalue weighted by molar-refractivity contribution is -0.384. The van der Waals surface area contributed by atoms with Crippen LogP contribution in [0.5, 0.6) is 5.88 Å². The van der Waals surface area contributed by atoms with Crippen molar-refractivity contribution in [3.05, 3.63) is 62.4 Å². The van der Waals surface area contributed by atoms with Gasteiger partial charge in [-0.3, -0.25) is 15.1 Å². The summed E-state index contributed by atoms with van der Waals surface area (Å²) in [7, 11) is 3.16. The molecular formula is C25H28BrN5O5. The first-order valence-corrected chi connectivity index (χ1v) is 12.4. The van der Waals surface area contributed by atoms with E-state index in [0.29, 0.717) is 59.1 Å². The Labute approximate surface area is 217 Å². The molecule has 0 saturated heterocycles. The van der Waals surface area contributed by atoms with Crippen molar-refractivity contribution < 1.29 is 19.2 Å². The number of hydrogen-bond acceptors (Lipinski definition) is 8. The van der Waals surface area contributed by atoms with E-state index >= 15 is 0 Å². The van der Waals surface area contributed by atoms with E-state index in [1.807, 2.05) is 14.0 Å². The molecule has 2 heterocycles. The van der Waals surface area contributed by atoms with E-state index < -0.39 is 5.97 Å². The highest BCUT2D eigenvalue weighted by molar-refractivity contribution is 9.10. The third kappa shape index (κ3) is 5.84. The Kier molecular flexibility index (Phi) is 7.88. The van der Waals surface area contributed by atoms with Gasteiger partial charge in [-0.05, 0) is 62.3 Å². The van der Waals surface area contributed by atoms with Crippen LogP contribution in [0.1, 0.15) is 35.3 Å². The van der Waals surface area contributed by atoms with Crippen molar-refractivity contribution in [2.24, 2.45) is 18.9 Å². The number of nitrogens with one attached hydrogen (secondary N) is 1. The van der Waals surface area contributed by atoms with Crippen LogP contribution in [-0.4, -0.2) is 45.9 Å². The molecule has 1 aromatic carbocycles. The number of ether oxygens (including phenoxy) is 2.